The van der Waals surface area contributed by atoms with Gasteiger partial charge in [-0.2, -0.15) is 0 Å². The Morgan fingerprint density at radius 3 is 2.62 bits per heavy atom. The van der Waals surface area contributed by atoms with Crippen LogP contribution < -0.4 is 5.73 Å². The lowest BCUT2D eigenvalue weighted by Gasteiger charge is -2.24. The second-order valence-corrected chi connectivity index (χ2v) is 7.66. The van der Waals surface area contributed by atoms with Gasteiger partial charge in [0.05, 0.1) is 0 Å². The van der Waals surface area contributed by atoms with Gasteiger partial charge in [-0.1, -0.05) is 57.7 Å². The van der Waals surface area contributed by atoms with Gasteiger partial charge in [-0.25, -0.2) is 0 Å². The fraction of sp³-hybridized carbons (Fsp3) is 0.478. The smallest absolute Gasteiger partial charge is 0.0393 e. The molecular formula is C23H33N. The number of hydrogen-bond donors (Lipinski definition) is 1. The molecule has 0 amide bonds. The molecule has 0 aromatic heterocycles. The van der Waals surface area contributed by atoms with Crippen LogP contribution in [0.1, 0.15) is 56.7 Å². The van der Waals surface area contributed by atoms with Crippen LogP contribution in [0.25, 0.3) is 5.57 Å². The second kappa shape index (κ2) is 8.37. The van der Waals surface area contributed by atoms with Gasteiger partial charge in [-0.15, -0.1) is 0 Å². The summed E-state index contributed by atoms with van der Waals surface area (Å²) in [5.74, 6) is 1.90. The summed E-state index contributed by atoms with van der Waals surface area (Å²) in [5.41, 5.74) is 12.3. The van der Waals surface area contributed by atoms with Crippen molar-refractivity contribution in [1.29, 1.82) is 0 Å². The van der Waals surface area contributed by atoms with E-state index in [1.165, 1.54) is 28.7 Å². The lowest BCUT2D eigenvalue weighted by molar-refractivity contribution is 0.358. The summed E-state index contributed by atoms with van der Waals surface area (Å²) < 4.78 is 0. The molecule has 24 heavy (non-hydrogen) atoms. The minimum atomic E-state index is 0.605. The van der Waals surface area contributed by atoms with E-state index in [4.69, 9.17) is 5.73 Å². The van der Waals surface area contributed by atoms with Gasteiger partial charge in [-0.3, -0.25) is 0 Å². The predicted octanol–water partition coefficient (Wildman–Crippen LogP) is 6.34. The first-order valence-electron chi connectivity index (χ1n) is 9.29. The Labute approximate surface area is 148 Å². The third-order valence-electron chi connectivity index (χ3n) is 5.42. The molecule has 2 N–H and O–H groups in total. The Balaban J connectivity index is 2.37. The number of nitrogens with two attached hydrogens (primary N) is 1. The van der Waals surface area contributed by atoms with Crippen LogP contribution in [-0.4, -0.2) is 0 Å². The molecule has 0 spiro atoms. The quantitative estimate of drug-likeness (QED) is 0.554. The third-order valence-corrected chi connectivity index (χ3v) is 5.42. The van der Waals surface area contributed by atoms with E-state index in [2.05, 4.69) is 64.6 Å². The highest BCUT2D eigenvalue weighted by molar-refractivity contribution is 5.77. The number of allylic oxidation sites excluding steroid dienone is 5. The average molecular weight is 324 g/mol. The van der Waals surface area contributed by atoms with Crippen molar-refractivity contribution in [2.45, 2.75) is 53.4 Å². The van der Waals surface area contributed by atoms with Crippen molar-refractivity contribution in [2.75, 3.05) is 5.73 Å². The topological polar surface area (TPSA) is 26.0 Å². The fourth-order valence-electron chi connectivity index (χ4n) is 3.80. The van der Waals surface area contributed by atoms with Crippen LogP contribution in [0.5, 0.6) is 0 Å². The van der Waals surface area contributed by atoms with Crippen molar-refractivity contribution in [2.24, 2.45) is 17.8 Å². The number of rotatable bonds is 0. The number of fused-ring (bicyclic) bond motifs is 1. The van der Waals surface area contributed by atoms with Gasteiger partial charge in [0, 0.05) is 11.3 Å². The summed E-state index contributed by atoms with van der Waals surface area (Å²) in [6, 6.07) is 4.18. The van der Waals surface area contributed by atoms with Crippen LogP contribution in [0.15, 0.2) is 43.0 Å². The van der Waals surface area contributed by atoms with E-state index < -0.39 is 0 Å². The first-order valence-corrected chi connectivity index (χ1v) is 9.29. The van der Waals surface area contributed by atoms with Crippen LogP contribution in [-0.2, 0) is 6.42 Å². The minimum absolute atomic E-state index is 0.605. The Bertz CT molecular complexity index is 636. The van der Waals surface area contributed by atoms with E-state index in [0.717, 1.165) is 24.9 Å². The summed E-state index contributed by atoms with van der Waals surface area (Å²) in [7, 11) is 0. The highest BCUT2D eigenvalue weighted by Gasteiger charge is 2.18. The summed E-state index contributed by atoms with van der Waals surface area (Å²) in [6.45, 7) is 13.6. The van der Waals surface area contributed by atoms with E-state index in [9.17, 15) is 0 Å². The summed E-state index contributed by atoms with van der Waals surface area (Å²) >= 11 is 0. The highest BCUT2D eigenvalue weighted by atomic mass is 14.6. The molecule has 0 heterocycles. The van der Waals surface area contributed by atoms with Crippen molar-refractivity contribution >= 4 is 11.3 Å². The molecule has 1 aromatic carbocycles. The number of benzene rings is 1. The zero-order valence-electron chi connectivity index (χ0n) is 15.8. The zero-order valence-corrected chi connectivity index (χ0v) is 15.8. The molecule has 0 aliphatic heterocycles. The Kier molecular flexibility index (Phi) is 6.48. The average Bonchev–Trinajstić information content (AvgIpc) is 2.52. The fourth-order valence-corrected chi connectivity index (χ4v) is 3.80. The largest absolute Gasteiger partial charge is 0.398 e. The van der Waals surface area contributed by atoms with Gasteiger partial charge in [-0.05, 0) is 73.1 Å². The zero-order chi connectivity index (χ0) is 17.7. The van der Waals surface area contributed by atoms with Gasteiger partial charge in [0.2, 0.25) is 0 Å². The maximum atomic E-state index is 6.34. The van der Waals surface area contributed by atoms with Crippen molar-refractivity contribution in [3.63, 3.8) is 0 Å². The maximum absolute atomic E-state index is 6.34. The summed E-state index contributed by atoms with van der Waals surface area (Å²) in [4.78, 5) is 0. The van der Waals surface area contributed by atoms with Gasteiger partial charge in [0.15, 0.2) is 0 Å². The third kappa shape index (κ3) is 4.63. The van der Waals surface area contributed by atoms with E-state index in [1.54, 1.807) is 0 Å². The van der Waals surface area contributed by atoms with Crippen LogP contribution in [0.2, 0.25) is 0 Å². The Hall–Kier alpha value is -1.76. The normalized spacial score (nSPS) is 28.7. The molecule has 1 aliphatic carbocycles. The molecule has 0 radical (unpaired) electrons. The number of hydrogen-bond acceptors (Lipinski definition) is 1. The molecule has 0 saturated heterocycles. The molecule has 1 aromatic rings. The standard InChI is InChI=1S/C23H33N/c1-16-14-19(4)17(2)10-8-6-7-9-11-21-18(3)12-13-22(24)23(21)20(5)15-16/h6-8,10,12-13,16-17,19H,5,9,11,14-15,24H2,1-4H3/b7-6+,10-8-. The molecule has 1 aliphatic rings. The monoisotopic (exact) mass is 323 g/mol. The molecule has 3 unspecified atom stereocenters. The van der Waals surface area contributed by atoms with Gasteiger partial charge >= 0.3 is 0 Å². The van der Waals surface area contributed by atoms with Gasteiger partial charge in [0.25, 0.3) is 0 Å². The lowest BCUT2D eigenvalue weighted by atomic mass is 9.82. The number of aryl methyl sites for hydroxylation is 1. The Morgan fingerprint density at radius 2 is 1.88 bits per heavy atom. The molecule has 1 nitrogen and oxygen atoms in total. The molecule has 1 heteroatoms. The predicted molar refractivity (Wildman–Crippen MR) is 108 cm³/mol. The van der Waals surface area contributed by atoms with E-state index in [0.29, 0.717) is 17.8 Å². The number of nitrogen functional groups attached to an aromatic ring is 1. The van der Waals surface area contributed by atoms with Crippen LogP contribution in [0.4, 0.5) is 5.69 Å². The second-order valence-electron chi connectivity index (χ2n) is 7.66. The van der Waals surface area contributed by atoms with Gasteiger partial charge in [0.1, 0.15) is 0 Å². The van der Waals surface area contributed by atoms with E-state index >= 15 is 0 Å². The number of anilines is 1. The first-order chi connectivity index (χ1) is 11.4. The molecule has 3 atom stereocenters. The van der Waals surface area contributed by atoms with Crippen molar-refractivity contribution in [1.82, 2.24) is 0 Å². The van der Waals surface area contributed by atoms with Crippen LogP contribution in [0.3, 0.4) is 0 Å². The van der Waals surface area contributed by atoms with Crippen molar-refractivity contribution in [3.8, 4) is 0 Å². The van der Waals surface area contributed by atoms with Crippen molar-refractivity contribution < 1.29 is 0 Å². The molecule has 2 rings (SSSR count). The van der Waals surface area contributed by atoms with Crippen molar-refractivity contribution in [3.05, 3.63) is 59.7 Å². The van der Waals surface area contributed by atoms with Crippen LogP contribution >= 0.6 is 0 Å². The molecule has 130 valence electrons. The highest BCUT2D eigenvalue weighted by Crippen LogP contribution is 2.34. The molecular weight excluding hydrogens is 290 g/mol. The molecule has 0 fully saturated rings. The molecule has 0 bridgehead atoms. The SMILES string of the molecule is C=C1CC(C)CC(C)C(C)/C=C\C=C\CCc2c(C)ccc(N)c21. The van der Waals surface area contributed by atoms with Gasteiger partial charge < -0.3 is 5.73 Å². The minimum Gasteiger partial charge on any atom is -0.398 e. The lowest BCUT2D eigenvalue weighted by Crippen LogP contribution is -2.11. The summed E-state index contributed by atoms with van der Waals surface area (Å²) in [6.07, 6.45) is 13.3. The van der Waals surface area contributed by atoms with E-state index in [1.807, 2.05) is 6.07 Å². The van der Waals surface area contributed by atoms with E-state index in [-0.39, 0.29) is 0 Å². The molecule has 0 saturated carbocycles. The first kappa shape index (κ1) is 18.6. The Morgan fingerprint density at radius 1 is 1.12 bits per heavy atom. The summed E-state index contributed by atoms with van der Waals surface area (Å²) in [5, 5.41) is 0. The maximum Gasteiger partial charge on any atom is 0.0393 e. The van der Waals surface area contributed by atoms with Crippen LogP contribution in [0, 0.1) is 24.7 Å².